The average molecular weight is 283 g/mol. The molecule has 1 saturated carbocycles. The first-order valence-electron chi connectivity index (χ1n) is 7.31. The van der Waals surface area contributed by atoms with Crippen LogP contribution in [0.4, 0.5) is 0 Å². The van der Waals surface area contributed by atoms with E-state index in [1.54, 1.807) is 0 Å². The average Bonchev–Trinajstić information content (AvgIpc) is 3.01. The Kier molecular flexibility index (Phi) is 5.63. The normalized spacial score (nSPS) is 23.4. The Hall–Kier alpha value is -0.620. The summed E-state index contributed by atoms with van der Waals surface area (Å²) >= 11 is 2.11. The van der Waals surface area contributed by atoms with E-state index in [1.807, 2.05) is 4.68 Å². The van der Waals surface area contributed by atoms with E-state index in [2.05, 4.69) is 53.1 Å². The van der Waals surface area contributed by atoms with Crippen LogP contribution in [0.25, 0.3) is 0 Å². The van der Waals surface area contributed by atoms with Crippen molar-refractivity contribution in [1.29, 1.82) is 0 Å². The van der Waals surface area contributed by atoms with E-state index in [1.165, 1.54) is 25.0 Å². The van der Waals surface area contributed by atoms with E-state index >= 15 is 0 Å². The van der Waals surface area contributed by atoms with Gasteiger partial charge in [0.25, 0.3) is 0 Å². The Balaban J connectivity index is 1.87. The molecule has 0 bridgehead atoms. The molecule has 0 aromatic carbocycles. The highest BCUT2D eigenvalue weighted by Gasteiger charge is 2.28. The van der Waals surface area contributed by atoms with Crippen molar-refractivity contribution in [3.8, 4) is 0 Å². The number of nitrogens with zero attached hydrogens (tertiary/aromatic N) is 5. The topological polar surface area (TPSA) is 46.8 Å². The molecular weight excluding hydrogens is 258 g/mol. The van der Waals surface area contributed by atoms with Crippen LogP contribution in [0.15, 0.2) is 0 Å². The third-order valence-electron chi connectivity index (χ3n) is 3.81. The minimum Gasteiger partial charge on any atom is -0.296 e. The minimum atomic E-state index is 0.691. The van der Waals surface area contributed by atoms with Crippen molar-refractivity contribution in [2.75, 3.05) is 12.8 Å². The molecule has 5 nitrogen and oxygen atoms in total. The van der Waals surface area contributed by atoms with Crippen LogP contribution >= 0.6 is 11.8 Å². The molecule has 2 rings (SSSR count). The monoisotopic (exact) mass is 283 g/mol. The van der Waals surface area contributed by atoms with E-state index in [4.69, 9.17) is 0 Å². The van der Waals surface area contributed by atoms with Gasteiger partial charge in [0.05, 0.1) is 6.54 Å². The van der Waals surface area contributed by atoms with Crippen molar-refractivity contribution in [3.05, 3.63) is 5.82 Å². The highest BCUT2D eigenvalue weighted by Crippen LogP contribution is 2.32. The number of rotatable bonds is 7. The summed E-state index contributed by atoms with van der Waals surface area (Å²) in [7, 11) is 2.20. The number of aryl methyl sites for hydroxylation is 1. The third-order valence-corrected chi connectivity index (χ3v) is 5.05. The summed E-state index contributed by atoms with van der Waals surface area (Å²) in [5, 5.41) is 12.9. The Morgan fingerprint density at radius 1 is 1.37 bits per heavy atom. The molecule has 0 aliphatic heterocycles. The lowest BCUT2D eigenvalue weighted by Crippen LogP contribution is -2.30. The molecule has 0 spiro atoms. The van der Waals surface area contributed by atoms with Crippen LogP contribution in [-0.4, -0.2) is 49.2 Å². The molecule has 1 heterocycles. The first kappa shape index (κ1) is 14.8. The van der Waals surface area contributed by atoms with Gasteiger partial charge < -0.3 is 0 Å². The summed E-state index contributed by atoms with van der Waals surface area (Å²) in [5.41, 5.74) is 0. The number of hydrogen-bond donors (Lipinski definition) is 0. The highest BCUT2D eigenvalue weighted by molar-refractivity contribution is 7.99. The van der Waals surface area contributed by atoms with Crippen molar-refractivity contribution in [2.45, 2.75) is 63.9 Å². The smallest absolute Gasteiger partial charge is 0.165 e. The maximum absolute atomic E-state index is 4.16. The number of hydrogen-bond acceptors (Lipinski definition) is 5. The molecule has 1 aliphatic rings. The number of thioether (sulfide) groups is 1. The molecule has 0 radical (unpaired) electrons. The molecule has 1 fully saturated rings. The fourth-order valence-corrected chi connectivity index (χ4v) is 3.91. The predicted octanol–water partition coefficient (Wildman–Crippen LogP) is 2.19. The molecule has 108 valence electrons. The summed E-state index contributed by atoms with van der Waals surface area (Å²) < 4.78 is 1.93. The van der Waals surface area contributed by atoms with Crippen molar-refractivity contribution in [3.63, 3.8) is 0 Å². The van der Waals surface area contributed by atoms with Crippen LogP contribution in [-0.2, 0) is 13.1 Å². The molecular formula is C13H25N5S. The van der Waals surface area contributed by atoms with Crippen LogP contribution in [0.5, 0.6) is 0 Å². The Morgan fingerprint density at radius 2 is 2.21 bits per heavy atom. The highest BCUT2D eigenvalue weighted by atomic mass is 32.2. The van der Waals surface area contributed by atoms with E-state index in [9.17, 15) is 0 Å². The summed E-state index contributed by atoms with van der Waals surface area (Å²) in [6.45, 7) is 6.18. The first-order valence-corrected chi connectivity index (χ1v) is 8.36. The van der Waals surface area contributed by atoms with Gasteiger partial charge in [-0.3, -0.25) is 4.90 Å². The number of aromatic nitrogens is 4. The van der Waals surface area contributed by atoms with E-state index in [-0.39, 0.29) is 0 Å². The molecule has 1 aliphatic carbocycles. The second-order valence-electron chi connectivity index (χ2n) is 5.28. The third kappa shape index (κ3) is 3.92. The van der Waals surface area contributed by atoms with Gasteiger partial charge in [0, 0.05) is 17.8 Å². The van der Waals surface area contributed by atoms with Gasteiger partial charge in [-0.05, 0) is 48.9 Å². The largest absolute Gasteiger partial charge is 0.296 e. The lowest BCUT2D eigenvalue weighted by molar-refractivity contribution is 0.227. The summed E-state index contributed by atoms with van der Waals surface area (Å²) in [4.78, 5) is 2.42. The van der Waals surface area contributed by atoms with Crippen LogP contribution in [0.1, 0.15) is 45.4 Å². The molecule has 2 atom stereocenters. The standard InChI is InChI=1S/C13H25N5S/c1-4-8-18-13(14-15-16-18)10-17(3)11-6-7-12(9-11)19-5-2/h11-12H,4-10H2,1-3H3. The van der Waals surface area contributed by atoms with Crippen molar-refractivity contribution in [2.24, 2.45) is 0 Å². The van der Waals surface area contributed by atoms with Gasteiger partial charge in [0.1, 0.15) is 0 Å². The Labute approximate surface area is 120 Å². The van der Waals surface area contributed by atoms with Crippen molar-refractivity contribution < 1.29 is 0 Å². The summed E-state index contributed by atoms with van der Waals surface area (Å²) in [6, 6.07) is 0.691. The lowest BCUT2D eigenvalue weighted by atomic mass is 10.2. The maximum atomic E-state index is 4.16. The first-order chi connectivity index (χ1) is 9.24. The van der Waals surface area contributed by atoms with Gasteiger partial charge in [-0.2, -0.15) is 11.8 Å². The van der Waals surface area contributed by atoms with Crippen LogP contribution in [0, 0.1) is 0 Å². The van der Waals surface area contributed by atoms with E-state index in [0.29, 0.717) is 6.04 Å². The second-order valence-corrected chi connectivity index (χ2v) is 6.85. The van der Waals surface area contributed by atoms with Gasteiger partial charge in [0.2, 0.25) is 0 Å². The zero-order valence-corrected chi connectivity index (χ0v) is 13.1. The van der Waals surface area contributed by atoms with Crippen molar-refractivity contribution in [1.82, 2.24) is 25.1 Å². The predicted molar refractivity (Wildman–Crippen MR) is 79.1 cm³/mol. The van der Waals surface area contributed by atoms with Gasteiger partial charge in [-0.1, -0.05) is 13.8 Å². The zero-order chi connectivity index (χ0) is 13.7. The van der Waals surface area contributed by atoms with Gasteiger partial charge in [0.15, 0.2) is 5.82 Å². The Bertz CT molecular complexity index is 381. The quantitative estimate of drug-likeness (QED) is 0.767. The second kappa shape index (κ2) is 7.24. The number of tetrazole rings is 1. The van der Waals surface area contributed by atoms with Crippen LogP contribution in [0.2, 0.25) is 0 Å². The van der Waals surface area contributed by atoms with E-state index < -0.39 is 0 Å². The molecule has 1 aromatic heterocycles. The molecule has 19 heavy (non-hydrogen) atoms. The maximum Gasteiger partial charge on any atom is 0.165 e. The molecule has 0 saturated heterocycles. The molecule has 1 aromatic rings. The zero-order valence-electron chi connectivity index (χ0n) is 12.2. The molecule has 6 heteroatoms. The molecule has 2 unspecified atom stereocenters. The van der Waals surface area contributed by atoms with Crippen LogP contribution in [0.3, 0.4) is 0 Å². The van der Waals surface area contributed by atoms with Gasteiger partial charge in [-0.25, -0.2) is 4.68 Å². The molecule has 0 amide bonds. The van der Waals surface area contributed by atoms with Crippen molar-refractivity contribution >= 4 is 11.8 Å². The summed E-state index contributed by atoms with van der Waals surface area (Å²) in [6.07, 6.45) is 5.04. The summed E-state index contributed by atoms with van der Waals surface area (Å²) in [5.74, 6) is 2.23. The Morgan fingerprint density at radius 3 is 2.95 bits per heavy atom. The fraction of sp³-hybridized carbons (Fsp3) is 0.923. The van der Waals surface area contributed by atoms with Crippen LogP contribution < -0.4 is 0 Å². The van der Waals surface area contributed by atoms with E-state index in [0.717, 1.165) is 30.6 Å². The SMILES string of the molecule is CCCn1nnnc1CN(C)C1CCC(SCC)C1. The lowest BCUT2D eigenvalue weighted by Gasteiger charge is -2.23. The van der Waals surface area contributed by atoms with Gasteiger partial charge >= 0.3 is 0 Å². The minimum absolute atomic E-state index is 0.691. The fourth-order valence-electron chi connectivity index (χ4n) is 2.78. The molecule has 0 N–H and O–H groups in total. The van der Waals surface area contributed by atoms with Gasteiger partial charge in [-0.15, -0.1) is 5.10 Å².